The van der Waals surface area contributed by atoms with E-state index in [0.717, 1.165) is 19.3 Å². The van der Waals surface area contributed by atoms with Crippen molar-refractivity contribution >= 4 is 5.97 Å². The minimum Gasteiger partial charge on any atom is -0.469 e. The number of carbonyl (C=O) groups excluding carboxylic acids is 1. The van der Waals surface area contributed by atoms with Crippen LogP contribution in [-0.4, -0.2) is 24.3 Å². The molecule has 0 aliphatic heterocycles. The number of rotatable bonds is 2. The fourth-order valence-electron chi connectivity index (χ4n) is 2.00. The van der Waals surface area contributed by atoms with E-state index in [1.807, 2.05) is 6.92 Å². The number of esters is 1. The number of ether oxygens (including phenoxy) is 1. The Hall–Kier alpha value is -0.570. The predicted octanol–water partition coefficient (Wildman–Crippen LogP) is 0.956. The first kappa shape index (κ1) is 9.52. The van der Waals surface area contributed by atoms with Gasteiger partial charge in [0.15, 0.2) is 0 Å². The summed E-state index contributed by atoms with van der Waals surface area (Å²) in [5, 5.41) is 9.49. The summed E-state index contributed by atoms with van der Waals surface area (Å²) in [4.78, 5) is 11.2. The van der Waals surface area contributed by atoms with E-state index in [-0.39, 0.29) is 11.9 Å². The minimum atomic E-state index is -0.484. The summed E-state index contributed by atoms with van der Waals surface area (Å²) < 4.78 is 4.64. The minimum absolute atomic E-state index is 0.258. The third-order valence-electron chi connectivity index (χ3n) is 2.75. The Labute approximate surface area is 72.7 Å². The van der Waals surface area contributed by atoms with Gasteiger partial charge in [-0.05, 0) is 18.8 Å². The normalized spacial score (nSPS) is 35.1. The zero-order chi connectivity index (χ0) is 9.14. The van der Waals surface area contributed by atoms with Gasteiger partial charge >= 0.3 is 5.97 Å². The molecule has 0 aromatic carbocycles. The second-order valence-electron chi connectivity index (χ2n) is 3.36. The van der Waals surface area contributed by atoms with Crippen LogP contribution in [0.4, 0.5) is 0 Å². The van der Waals surface area contributed by atoms with Gasteiger partial charge in [-0.1, -0.05) is 13.3 Å². The van der Waals surface area contributed by atoms with Crippen molar-refractivity contribution in [3.05, 3.63) is 0 Å². The monoisotopic (exact) mass is 172 g/mol. The topological polar surface area (TPSA) is 46.5 Å². The first-order chi connectivity index (χ1) is 5.70. The number of aliphatic hydroxyl groups is 1. The lowest BCUT2D eigenvalue weighted by Gasteiger charge is -2.17. The molecule has 0 aromatic rings. The standard InChI is InChI=1S/C9H16O3/c1-3-6-4-5-7(10)8(6)9(11)12-2/h6-8,10H,3-5H2,1-2H3/t6-,7-,8+/m0/s1. The summed E-state index contributed by atoms with van der Waals surface area (Å²) >= 11 is 0. The highest BCUT2D eigenvalue weighted by atomic mass is 16.5. The second kappa shape index (κ2) is 3.90. The predicted molar refractivity (Wildman–Crippen MR) is 44.5 cm³/mol. The summed E-state index contributed by atoms with van der Waals surface area (Å²) in [6.45, 7) is 2.04. The SMILES string of the molecule is CC[C@H]1CC[C@H](O)[C@@H]1C(=O)OC. The van der Waals surface area contributed by atoms with E-state index < -0.39 is 6.10 Å². The third kappa shape index (κ3) is 1.61. The van der Waals surface area contributed by atoms with Crippen molar-refractivity contribution < 1.29 is 14.6 Å². The number of methoxy groups -OCH3 is 1. The first-order valence-electron chi connectivity index (χ1n) is 4.46. The molecule has 1 aliphatic carbocycles. The molecule has 0 radical (unpaired) electrons. The molecular weight excluding hydrogens is 156 g/mol. The van der Waals surface area contributed by atoms with Gasteiger partial charge in [0, 0.05) is 0 Å². The van der Waals surface area contributed by atoms with Gasteiger partial charge in [0.25, 0.3) is 0 Å². The van der Waals surface area contributed by atoms with Crippen LogP contribution in [0.2, 0.25) is 0 Å². The lowest BCUT2D eigenvalue weighted by atomic mass is 9.93. The molecule has 0 aromatic heterocycles. The average molecular weight is 172 g/mol. The fraction of sp³-hybridized carbons (Fsp3) is 0.889. The maximum absolute atomic E-state index is 11.2. The van der Waals surface area contributed by atoms with Crippen LogP contribution in [0.25, 0.3) is 0 Å². The fourth-order valence-corrected chi connectivity index (χ4v) is 2.00. The van der Waals surface area contributed by atoms with Gasteiger partial charge in [0.1, 0.15) is 0 Å². The van der Waals surface area contributed by atoms with Crippen molar-refractivity contribution in [3.63, 3.8) is 0 Å². The molecule has 1 rings (SSSR count). The molecule has 12 heavy (non-hydrogen) atoms. The maximum atomic E-state index is 11.2. The molecule has 0 bridgehead atoms. The van der Waals surface area contributed by atoms with Gasteiger partial charge in [-0.15, -0.1) is 0 Å². The van der Waals surface area contributed by atoms with Gasteiger partial charge in [0.2, 0.25) is 0 Å². The Bertz CT molecular complexity index is 167. The number of hydrogen-bond donors (Lipinski definition) is 1. The van der Waals surface area contributed by atoms with Gasteiger partial charge in [0.05, 0.1) is 19.1 Å². The lowest BCUT2D eigenvalue weighted by molar-refractivity contribution is -0.150. The largest absolute Gasteiger partial charge is 0.469 e. The van der Waals surface area contributed by atoms with E-state index in [9.17, 15) is 9.90 Å². The molecule has 3 heteroatoms. The van der Waals surface area contributed by atoms with Crippen LogP contribution in [0, 0.1) is 11.8 Å². The average Bonchev–Trinajstić information content (AvgIpc) is 2.45. The molecule has 0 heterocycles. The van der Waals surface area contributed by atoms with Crippen LogP contribution in [0.3, 0.4) is 0 Å². The number of aliphatic hydroxyl groups excluding tert-OH is 1. The van der Waals surface area contributed by atoms with Crippen LogP contribution in [0.15, 0.2) is 0 Å². The van der Waals surface area contributed by atoms with E-state index in [0.29, 0.717) is 5.92 Å². The molecule has 3 atom stereocenters. The first-order valence-corrected chi connectivity index (χ1v) is 4.46. The van der Waals surface area contributed by atoms with E-state index in [1.54, 1.807) is 0 Å². The van der Waals surface area contributed by atoms with Gasteiger partial charge in [-0.3, -0.25) is 4.79 Å². The summed E-state index contributed by atoms with van der Waals surface area (Å²) in [6, 6.07) is 0. The molecule has 0 unspecified atom stereocenters. The quantitative estimate of drug-likeness (QED) is 0.631. The van der Waals surface area contributed by atoms with Crippen LogP contribution in [0.5, 0.6) is 0 Å². The molecule has 1 saturated carbocycles. The molecule has 0 saturated heterocycles. The number of carbonyl (C=O) groups is 1. The van der Waals surface area contributed by atoms with Gasteiger partial charge in [-0.25, -0.2) is 0 Å². The van der Waals surface area contributed by atoms with E-state index in [4.69, 9.17) is 0 Å². The van der Waals surface area contributed by atoms with Crippen LogP contribution < -0.4 is 0 Å². The molecule has 70 valence electrons. The molecular formula is C9H16O3. The highest BCUT2D eigenvalue weighted by molar-refractivity contribution is 5.73. The molecule has 3 nitrogen and oxygen atoms in total. The van der Waals surface area contributed by atoms with E-state index >= 15 is 0 Å². The Morgan fingerprint density at radius 2 is 2.25 bits per heavy atom. The molecule has 0 spiro atoms. The molecule has 1 fully saturated rings. The third-order valence-corrected chi connectivity index (χ3v) is 2.75. The summed E-state index contributed by atoms with van der Waals surface area (Å²) in [5.74, 6) is -0.223. The van der Waals surface area contributed by atoms with Crippen molar-refractivity contribution in [1.29, 1.82) is 0 Å². The van der Waals surface area contributed by atoms with Crippen LogP contribution in [0.1, 0.15) is 26.2 Å². The summed E-state index contributed by atoms with van der Waals surface area (Å²) in [6.07, 6.45) is 2.13. The smallest absolute Gasteiger partial charge is 0.311 e. The summed E-state index contributed by atoms with van der Waals surface area (Å²) in [5.41, 5.74) is 0. The van der Waals surface area contributed by atoms with Crippen molar-refractivity contribution in [2.45, 2.75) is 32.3 Å². The Morgan fingerprint density at radius 1 is 1.58 bits per heavy atom. The maximum Gasteiger partial charge on any atom is 0.311 e. The molecule has 1 N–H and O–H groups in total. The van der Waals surface area contributed by atoms with Crippen molar-refractivity contribution in [2.24, 2.45) is 11.8 Å². The highest BCUT2D eigenvalue weighted by Gasteiger charge is 2.39. The Morgan fingerprint density at radius 3 is 2.75 bits per heavy atom. The van der Waals surface area contributed by atoms with Crippen molar-refractivity contribution in [3.8, 4) is 0 Å². The Balaban J connectivity index is 2.63. The van der Waals surface area contributed by atoms with Crippen LogP contribution >= 0.6 is 0 Å². The molecule has 1 aliphatic rings. The van der Waals surface area contributed by atoms with E-state index in [1.165, 1.54) is 7.11 Å². The van der Waals surface area contributed by atoms with Crippen molar-refractivity contribution in [2.75, 3.05) is 7.11 Å². The summed E-state index contributed by atoms with van der Waals surface area (Å²) in [7, 11) is 1.38. The number of hydrogen-bond acceptors (Lipinski definition) is 3. The highest BCUT2D eigenvalue weighted by Crippen LogP contribution is 2.34. The van der Waals surface area contributed by atoms with Gasteiger partial charge < -0.3 is 9.84 Å². The van der Waals surface area contributed by atoms with Crippen molar-refractivity contribution in [1.82, 2.24) is 0 Å². The zero-order valence-electron chi connectivity index (χ0n) is 7.62. The van der Waals surface area contributed by atoms with E-state index in [2.05, 4.69) is 4.74 Å². The zero-order valence-corrected chi connectivity index (χ0v) is 7.62. The Kier molecular flexibility index (Phi) is 3.09. The molecule has 0 amide bonds. The second-order valence-corrected chi connectivity index (χ2v) is 3.36. The lowest BCUT2D eigenvalue weighted by Crippen LogP contribution is -2.28. The van der Waals surface area contributed by atoms with Crippen LogP contribution in [-0.2, 0) is 9.53 Å². The van der Waals surface area contributed by atoms with Gasteiger partial charge in [-0.2, -0.15) is 0 Å².